The van der Waals surface area contributed by atoms with E-state index >= 15 is 0 Å². The summed E-state index contributed by atoms with van der Waals surface area (Å²) >= 11 is 0. The van der Waals surface area contributed by atoms with Crippen molar-refractivity contribution in [3.05, 3.63) is 0 Å². The number of hydrogen-bond acceptors (Lipinski definition) is 3. The minimum absolute atomic E-state index is 0.0365. The summed E-state index contributed by atoms with van der Waals surface area (Å²) in [4.78, 5) is 12.2. The Morgan fingerprint density at radius 3 is 2.35 bits per heavy atom. The molecule has 1 heterocycles. The molecule has 132 valence electrons. The Morgan fingerprint density at radius 2 is 1.91 bits per heavy atom. The number of fused-ring (bicyclic) bond motifs is 1. The number of carbonyl (C=O) groups excluding carboxylic acids is 1. The van der Waals surface area contributed by atoms with E-state index in [1.807, 2.05) is 20.8 Å². The van der Waals surface area contributed by atoms with E-state index in [1.165, 1.54) is 13.8 Å². The zero-order chi connectivity index (χ0) is 17.8. The molecule has 4 nitrogen and oxygen atoms in total. The van der Waals surface area contributed by atoms with E-state index in [-0.39, 0.29) is 17.8 Å². The molecule has 0 saturated heterocycles. The maximum atomic E-state index is 13.7. The van der Waals surface area contributed by atoms with Gasteiger partial charge in [-0.1, -0.05) is 34.6 Å². The van der Waals surface area contributed by atoms with Crippen LogP contribution in [0.15, 0.2) is 5.10 Å². The molecule has 0 aromatic heterocycles. The number of halogens is 3. The highest BCUT2D eigenvalue weighted by atomic mass is 19.4. The van der Waals surface area contributed by atoms with Gasteiger partial charge in [0.2, 0.25) is 5.91 Å². The average molecular weight is 334 g/mol. The minimum Gasteiger partial charge on any atom is -0.362 e. The van der Waals surface area contributed by atoms with Crippen molar-refractivity contribution in [1.82, 2.24) is 5.01 Å². The Balaban J connectivity index is 2.44. The molecule has 1 N–H and O–H groups in total. The van der Waals surface area contributed by atoms with E-state index < -0.39 is 29.6 Å². The SMILES string of the molecule is CC(C)C(=O)N1N=C2CC[C@H](C(C)(C)C)C[C@H]2[C@@]1(O)C(F)(F)F. The van der Waals surface area contributed by atoms with Gasteiger partial charge in [0.05, 0.1) is 5.92 Å². The Bertz CT molecular complexity index is 522. The first-order chi connectivity index (χ1) is 10.3. The predicted molar refractivity (Wildman–Crippen MR) is 80.4 cm³/mol. The van der Waals surface area contributed by atoms with Gasteiger partial charge in [0.15, 0.2) is 0 Å². The van der Waals surface area contributed by atoms with Crippen LogP contribution in [0.5, 0.6) is 0 Å². The highest BCUT2D eigenvalue weighted by Gasteiger charge is 2.69. The molecule has 0 radical (unpaired) electrons. The summed E-state index contributed by atoms with van der Waals surface area (Å²) < 4.78 is 41.1. The summed E-state index contributed by atoms with van der Waals surface area (Å²) in [6, 6.07) is 0. The van der Waals surface area contributed by atoms with E-state index in [0.717, 1.165) is 6.42 Å². The fourth-order valence-corrected chi connectivity index (χ4v) is 3.47. The molecule has 0 aromatic rings. The number of hydrazone groups is 1. The van der Waals surface area contributed by atoms with Crippen molar-refractivity contribution >= 4 is 11.6 Å². The number of nitrogens with zero attached hydrogens (tertiary/aromatic N) is 2. The molecular formula is C16H25F3N2O2. The third-order valence-corrected chi connectivity index (χ3v) is 5.05. The van der Waals surface area contributed by atoms with Crippen molar-refractivity contribution in [3.8, 4) is 0 Å². The highest BCUT2D eigenvalue weighted by molar-refractivity contribution is 5.93. The van der Waals surface area contributed by atoms with Gasteiger partial charge in [-0.25, -0.2) is 0 Å². The van der Waals surface area contributed by atoms with Gasteiger partial charge < -0.3 is 5.11 Å². The summed E-state index contributed by atoms with van der Waals surface area (Å²) in [5.41, 5.74) is -3.10. The van der Waals surface area contributed by atoms with Crippen LogP contribution in [-0.2, 0) is 4.79 Å². The minimum atomic E-state index is -4.95. The molecule has 0 spiro atoms. The number of alkyl halides is 3. The Hall–Kier alpha value is -1.11. The van der Waals surface area contributed by atoms with Crippen molar-refractivity contribution in [2.45, 2.75) is 65.8 Å². The summed E-state index contributed by atoms with van der Waals surface area (Å²) in [5.74, 6) is -2.62. The van der Waals surface area contributed by atoms with Crippen molar-refractivity contribution in [2.75, 3.05) is 0 Å². The van der Waals surface area contributed by atoms with Gasteiger partial charge in [-0.2, -0.15) is 23.3 Å². The molecule has 1 aliphatic heterocycles. The van der Waals surface area contributed by atoms with Crippen LogP contribution in [0.4, 0.5) is 13.2 Å². The largest absolute Gasteiger partial charge is 0.439 e. The van der Waals surface area contributed by atoms with Crippen molar-refractivity contribution in [3.63, 3.8) is 0 Å². The number of rotatable bonds is 1. The van der Waals surface area contributed by atoms with Gasteiger partial charge in [0, 0.05) is 11.6 Å². The second kappa shape index (κ2) is 5.46. The predicted octanol–water partition coefficient (Wildman–Crippen LogP) is 3.55. The molecule has 7 heteroatoms. The second-order valence-electron chi connectivity index (χ2n) is 8.01. The summed E-state index contributed by atoms with van der Waals surface area (Å²) in [7, 11) is 0. The standard InChI is InChI=1S/C16H25F3N2O2/c1-9(2)13(22)21-15(23,16(17,18)19)11-8-10(14(3,4)5)6-7-12(11)20-21/h9-11,23H,6-8H2,1-5H3/t10-,11+,15+/m0/s1. The van der Waals surface area contributed by atoms with Crippen molar-refractivity contribution < 1.29 is 23.1 Å². The maximum absolute atomic E-state index is 13.7. The zero-order valence-corrected chi connectivity index (χ0v) is 14.2. The quantitative estimate of drug-likeness (QED) is 0.797. The van der Waals surface area contributed by atoms with Gasteiger partial charge in [0.25, 0.3) is 5.72 Å². The van der Waals surface area contributed by atoms with Crippen molar-refractivity contribution in [1.29, 1.82) is 0 Å². The first kappa shape index (κ1) is 18.2. The van der Waals surface area contributed by atoms with E-state index in [2.05, 4.69) is 5.10 Å². The third-order valence-electron chi connectivity index (χ3n) is 5.05. The van der Waals surface area contributed by atoms with E-state index in [1.54, 1.807) is 0 Å². The molecule has 3 atom stereocenters. The molecular weight excluding hydrogens is 309 g/mol. The molecule has 2 rings (SSSR count). The van der Waals surface area contributed by atoms with Crippen LogP contribution in [0.1, 0.15) is 53.9 Å². The topological polar surface area (TPSA) is 52.9 Å². The average Bonchev–Trinajstić information content (AvgIpc) is 2.70. The van der Waals surface area contributed by atoms with Gasteiger partial charge >= 0.3 is 6.18 Å². The third kappa shape index (κ3) is 2.88. The van der Waals surface area contributed by atoms with Crippen molar-refractivity contribution in [2.24, 2.45) is 28.3 Å². The Kier molecular flexibility index (Phi) is 4.33. The second-order valence-corrected chi connectivity index (χ2v) is 8.01. The number of carbonyl (C=O) groups is 1. The molecule has 0 aromatic carbocycles. The monoisotopic (exact) mass is 334 g/mol. The summed E-state index contributed by atoms with van der Waals surface area (Å²) in [5, 5.41) is 14.7. The highest BCUT2D eigenvalue weighted by Crippen LogP contribution is 2.52. The number of amides is 1. The van der Waals surface area contributed by atoms with Gasteiger partial charge in [-0.15, -0.1) is 0 Å². The van der Waals surface area contributed by atoms with Crippen LogP contribution in [-0.4, -0.2) is 33.6 Å². The maximum Gasteiger partial charge on any atom is 0.439 e. The van der Waals surface area contributed by atoms with Crippen LogP contribution >= 0.6 is 0 Å². The first-order valence-corrected chi connectivity index (χ1v) is 8.00. The van der Waals surface area contributed by atoms with Gasteiger partial charge in [-0.05, 0) is 30.6 Å². The lowest BCUT2D eigenvalue weighted by Gasteiger charge is -2.43. The van der Waals surface area contributed by atoms with Crippen LogP contribution < -0.4 is 0 Å². The Labute approximate surface area is 134 Å². The van der Waals surface area contributed by atoms with Crippen LogP contribution in [0.3, 0.4) is 0 Å². The Morgan fingerprint density at radius 1 is 1.35 bits per heavy atom. The molecule has 1 fully saturated rings. The van der Waals surface area contributed by atoms with Crippen LogP contribution in [0.25, 0.3) is 0 Å². The number of aliphatic hydroxyl groups is 1. The fraction of sp³-hybridized carbons (Fsp3) is 0.875. The lowest BCUT2D eigenvalue weighted by atomic mass is 9.66. The smallest absolute Gasteiger partial charge is 0.362 e. The summed E-state index contributed by atoms with van der Waals surface area (Å²) in [6.45, 7) is 8.95. The molecule has 1 saturated carbocycles. The lowest BCUT2D eigenvalue weighted by Crippen LogP contribution is -2.62. The van der Waals surface area contributed by atoms with Gasteiger partial charge in [-0.3, -0.25) is 4.79 Å². The number of hydrogen-bond donors (Lipinski definition) is 1. The fourth-order valence-electron chi connectivity index (χ4n) is 3.47. The zero-order valence-electron chi connectivity index (χ0n) is 14.2. The van der Waals surface area contributed by atoms with Gasteiger partial charge in [0.1, 0.15) is 0 Å². The normalized spacial score (nSPS) is 32.1. The molecule has 0 bridgehead atoms. The first-order valence-electron chi connectivity index (χ1n) is 8.00. The van der Waals surface area contributed by atoms with E-state index in [9.17, 15) is 23.1 Å². The molecule has 23 heavy (non-hydrogen) atoms. The van der Waals surface area contributed by atoms with Crippen LogP contribution in [0.2, 0.25) is 0 Å². The lowest BCUT2D eigenvalue weighted by molar-refractivity contribution is -0.318. The molecule has 1 aliphatic carbocycles. The molecule has 2 aliphatic rings. The van der Waals surface area contributed by atoms with E-state index in [0.29, 0.717) is 17.1 Å². The van der Waals surface area contributed by atoms with Crippen LogP contribution in [0, 0.1) is 23.2 Å². The van der Waals surface area contributed by atoms with E-state index in [4.69, 9.17) is 0 Å². The molecule has 1 amide bonds. The molecule has 0 unspecified atom stereocenters. The summed E-state index contributed by atoms with van der Waals surface area (Å²) in [6.07, 6.45) is -3.67.